The third-order valence-electron chi connectivity index (χ3n) is 5.31. The summed E-state index contributed by atoms with van der Waals surface area (Å²) < 4.78 is 23.8. The molecule has 0 spiro atoms. The summed E-state index contributed by atoms with van der Waals surface area (Å²) in [5, 5.41) is 0. The summed E-state index contributed by atoms with van der Waals surface area (Å²) >= 11 is 1.41. The van der Waals surface area contributed by atoms with E-state index in [1.807, 2.05) is 0 Å². The van der Waals surface area contributed by atoms with Gasteiger partial charge in [-0.25, -0.2) is 4.57 Å². The van der Waals surface area contributed by atoms with Gasteiger partial charge in [0.15, 0.2) is 0 Å². The van der Waals surface area contributed by atoms with E-state index in [9.17, 15) is 9.46 Å². The second-order valence-electron chi connectivity index (χ2n) is 8.06. The maximum atomic E-state index is 11.9. The molecule has 1 N–H and O–H groups in total. The number of phosphoric ester groups is 1. The molecule has 29 heavy (non-hydrogen) atoms. The van der Waals surface area contributed by atoms with Crippen molar-refractivity contribution in [1.82, 2.24) is 0 Å². The van der Waals surface area contributed by atoms with E-state index in [1.54, 1.807) is 0 Å². The van der Waals surface area contributed by atoms with Gasteiger partial charge in [-0.1, -0.05) is 66.2 Å². The van der Waals surface area contributed by atoms with E-state index in [0.717, 1.165) is 51.4 Å². The van der Waals surface area contributed by atoms with Crippen molar-refractivity contribution in [3.05, 3.63) is 0 Å². The van der Waals surface area contributed by atoms with Crippen molar-refractivity contribution in [1.29, 1.82) is 0 Å². The first kappa shape index (κ1) is 32.6. The van der Waals surface area contributed by atoms with Crippen molar-refractivity contribution < 1.29 is 57.3 Å². The van der Waals surface area contributed by atoms with Gasteiger partial charge < -0.3 is 4.89 Å². The summed E-state index contributed by atoms with van der Waals surface area (Å²) in [6.07, 6.45) is 15.8. The molecule has 0 saturated carbocycles. The summed E-state index contributed by atoms with van der Waals surface area (Å²) in [5.41, 5.74) is 0. The van der Waals surface area contributed by atoms with Crippen molar-refractivity contribution in [2.75, 3.05) is 13.2 Å². The molecule has 0 aliphatic rings. The normalized spacial score (nSPS) is 15.2. The summed E-state index contributed by atoms with van der Waals surface area (Å²) in [4.78, 5) is 9.77. The number of phosphoric acid groups is 1. The zero-order chi connectivity index (χ0) is 22.4. The summed E-state index contributed by atoms with van der Waals surface area (Å²) in [6, 6.07) is 0. The molecule has 6 heteroatoms. The van der Waals surface area contributed by atoms with Crippen LogP contribution in [0.15, 0.2) is 0 Å². The minimum atomic E-state index is -3.89. The van der Waals surface area contributed by atoms with E-state index in [2.05, 4.69) is 34.6 Å². The standard InChI is InChI=1S/C16H35O4P.C7H15.Nd/c1-5-9-11-15(7-3)13-19-21(17,18)20-14-16(8-4)12-10-6-2;1-3-5-7-6-4-2;/h15-16H,5-14H2,1-4H3,(H,17,18);1,3-7H2,2H3;. The summed E-state index contributed by atoms with van der Waals surface area (Å²) in [7, 11) is -3.89. The van der Waals surface area contributed by atoms with Crippen LogP contribution in [0.5, 0.6) is 0 Å². The SMILES string of the molecule is CCCCC(CC)COP(=O)(O)OCC(CC)CCCC.CCCCCC[CH2][Nd]. The van der Waals surface area contributed by atoms with Gasteiger partial charge in [0.25, 0.3) is 0 Å². The van der Waals surface area contributed by atoms with Crippen molar-refractivity contribution in [3.63, 3.8) is 0 Å². The van der Waals surface area contributed by atoms with Crippen LogP contribution in [0.4, 0.5) is 0 Å². The molecule has 4 nitrogen and oxygen atoms in total. The Morgan fingerprint density at radius 3 is 1.48 bits per heavy atom. The topological polar surface area (TPSA) is 55.8 Å². The molecule has 0 aromatic rings. The second kappa shape index (κ2) is 24.1. The van der Waals surface area contributed by atoms with Crippen LogP contribution in [0, 0.1) is 50.6 Å². The molecule has 0 aliphatic carbocycles. The van der Waals surface area contributed by atoms with Gasteiger partial charge in [0, 0.05) is 0 Å². The second-order valence-corrected chi connectivity index (χ2v) is 11.1. The molecule has 0 rings (SSSR count). The zero-order valence-corrected chi connectivity index (χ0v) is 24.2. The van der Waals surface area contributed by atoms with Gasteiger partial charge in [-0.3, -0.25) is 9.05 Å². The van der Waals surface area contributed by atoms with Gasteiger partial charge in [-0.15, -0.1) is 0 Å². The third-order valence-corrected chi connectivity index (χ3v) is 7.40. The summed E-state index contributed by atoms with van der Waals surface area (Å²) in [5.74, 6) is 0.687. The van der Waals surface area contributed by atoms with Gasteiger partial charge in [-0.2, -0.15) is 0 Å². The van der Waals surface area contributed by atoms with Crippen LogP contribution in [0.1, 0.15) is 118 Å². The van der Waals surface area contributed by atoms with Gasteiger partial charge in [0.1, 0.15) is 0 Å². The molecule has 0 saturated heterocycles. The molecule has 175 valence electrons. The van der Waals surface area contributed by atoms with Crippen LogP contribution in [-0.4, -0.2) is 18.1 Å². The van der Waals surface area contributed by atoms with E-state index in [-0.39, 0.29) is 0 Å². The Balaban J connectivity index is 0. The maximum absolute atomic E-state index is 11.9. The fourth-order valence-electron chi connectivity index (χ4n) is 2.96. The first-order chi connectivity index (χ1) is 13.9. The Hall–Kier alpha value is 1.46. The molecule has 0 fully saturated rings. The van der Waals surface area contributed by atoms with Crippen LogP contribution < -0.4 is 0 Å². The van der Waals surface area contributed by atoms with Crippen LogP contribution in [-0.2, 0) is 13.6 Å². The first-order valence-corrected chi connectivity index (χ1v) is 15.9. The van der Waals surface area contributed by atoms with Crippen LogP contribution in [0.3, 0.4) is 0 Å². The Kier molecular flexibility index (Phi) is 27.1. The number of hydrogen-bond acceptors (Lipinski definition) is 3. The molecular formula is C23H50NdO4P. The fourth-order valence-corrected chi connectivity index (χ4v) is 4.64. The van der Waals surface area contributed by atoms with Gasteiger partial charge in [0.05, 0.1) is 13.2 Å². The van der Waals surface area contributed by atoms with E-state index in [4.69, 9.17) is 9.05 Å². The minimum absolute atomic E-state index is 0.316. The van der Waals surface area contributed by atoms with Crippen molar-refractivity contribution in [3.8, 4) is 0 Å². The number of rotatable bonds is 19. The molecule has 2 unspecified atom stereocenters. The fraction of sp³-hybridized carbons (Fsp3) is 1.00. The van der Waals surface area contributed by atoms with E-state index in [1.165, 1.54) is 72.9 Å². The Labute approximate surface area is 208 Å². The average Bonchev–Trinajstić information content (AvgIpc) is 2.72. The van der Waals surface area contributed by atoms with Gasteiger partial charge >= 0.3 is 87.7 Å². The quantitative estimate of drug-likeness (QED) is 0.126. The van der Waals surface area contributed by atoms with Crippen LogP contribution >= 0.6 is 7.82 Å². The zero-order valence-electron chi connectivity index (χ0n) is 20.1. The number of hydrogen-bond donors (Lipinski definition) is 1. The first-order valence-electron chi connectivity index (χ1n) is 12.2. The predicted octanol–water partition coefficient (Wildman–Crippen LogP) is 8.48. The van der Waals surface area contributed by atoms with Crippen molar-refractivity contribution in [2.45, 2.75) is 120 Å². The molecule has 0 amide bonds. The summed E-state index contributed by atoms with van der Waals surface area (Å²) in [6.45, 7) is 11.4. The van der Waals surface area contributed by atoms with E-state index >= 15 is 0 Å². The molecule has 0 heterocycles. The molecule has 0 aliphatic heterocycles. The molecule has 0 aromatic carbocycles. The van der Waals surface area contributed by atoms with Crippen LogP contribution in [0.25, 0.3) is 0 Å². The molecule has 0 aromatic heterocycles. The Bertz CT molecular complexity index is 339. The molecular weight excluding hydrogens is 515 g/mol. The third kappa shape index (κ3) is 23.9. The Morgan fingerprint density at radius 2 is 1.14 bits per heavy atom. The number of unbranched alkanes of at least 4 members (excludes halogenated alkanes) is 6. The van der Waals surface area contributed by atoms with Gasteiger partial charge in [0.2, 0.25) is 0 Å². The molecule has 2 atom stereocenters. The van der Waals surface area contributed by atoms with Crippen molar-refractivity contribution >= 4 is 7.82 Å². The molecule has 0 bridgehead atoms. The monoisotopic (exact) mass is 563 g/mol. The van der Waals surface area contributed by atoms with Gasteiger partial charge in [-0.05, 0) is 24.7 Å². The Morgan fingerprint density at radius 1 is 0.724 bits per heavy atom. The van der Waals surface area contributed by atoms with E-state index in [0.29, 0.717) is 25.0 Å². The predicted molar refractivity (Wildman–Crippen MR) is 122 cm³/mol. The van der Waals surface area contributed by atoms with Crippen molar-refractivity contribution in [2.24, 2.45) is 11.8 Å². The van der Waals surface area contributed by atoms with E-state index < -0.39 is 7.82 Å². The average molecular weight is 566 g/mol. The van der Waals surface area contributed by atoms with Crippen LogP contribution in [0.2, 0.25) is 2.07 Å². The molecule has 0 radical (unpaired) electrons.